The van der Waals surface area contributed by atoms with Gasteiger partial charge >= 0.3 is 0 Å². The molecule has 0 spiro atoms. The third-order valence-electron chi connectivity index (χ3n) is 2.19. The summed E-state index contributed by atoms with van der Waals surface area (Å²) in [6.07, 6.45) is 5.68. The number of benzene rings is 1. The van der Waals surface area contributed by atoms with Gasteiger partial charge in [0.2, 0.25) is 0 Å². The topological polar surface area (TPSA) is 48.9 Å². The number of phenols is 1. The van der Waals surface area contributed by atoms with E-state index in [0.717, 1.165) is 12.8 Å². The van der Waals surface area contributed by atoms with Gasteiger partial charge in [0.25, 0.3) is 0 Å². The van der Waals surface area contributed by atoms with Crippen LogP contribution < -0.4 is 0 Å². The SMILES string of the molecule is Oc1ccc(CCc2cn[nH]c2)cc1. The molecule has 2 aromatic rings. The average molecular weight is 188 g/mol. The second-order valence-corrected chi connectivity index (χ2v) is 3.27. The molecule has 0 aliphatic rings. The summed E-state index contributed by atoms with van der Waals surface area (Å²) in [6.45, 7) is 0. The highest BCUT2D eigenvalue weighted by Crippen LogP contribution is 2.11. The van der Waals surface area contributed by atoms with E-state index in [1.807, 2.05) is 24.5 Å². The monoisotopic (exact) mass is 188 g/mol. The number of rotatable bonds is 3. The van der Waals surface area contributed by atoms with Crippen LogP contribution in [0.4, 0.5) is 0 Å². The smallest absolute Gasteiger partial charge is 0.115 e. The molecular formula is C11H12N2O. The zero-order chi connectivity index (χ0) is 9.80. The number of nitrogens with one attached hydrogen (secondary N) is 1. The molecule has 1 aromatic carbocycles. The van der Waals surface area contributed by atoms with Gasteiger partial charge in [-0.15, -0.1) is 0 Å². The fourth-order valence-electron chi connectivity index (χ4n) is 1.37. The Morgan fingerprint density at radius 1 is 1.07 bits per heavy atom. The lowest BCUT2D eigenvalue weighted by atomic mass is 10.1. The molecule has 0 bridgehead atoms. The Labute approximate surface area is 82.4 Å². The third-order valence-corrected chi connectivity index (χ3v) is 2.19. The van der Waals surface area contributed by atoms with Crippen LogP contribution in [0.15, 0.2) is 36.7 Å². The number of aromatic nitrogens is 2. The first kappa shape index (κ1) is 8.81. The number of phenolic OH excluding ortho intramolecular Hbond substituents is 1. The number of aromatic hydroxyl groups is 1. The lowest BCUT2D eigenvalue weighted by Crippen LogP contribution is -1.88. The Balaban J connectivity index is 1.95. The molecule has 0 aliphatic heterocycles. The number of nitrogens with zero attached hydrogens (tertiary/aromatic N) is 1. The van der Waals surface area contributed by atoms with E-state index in [4.69, 9.17) is 5.11 Å². The fraction of sp³-hybridized carbons (Fsp3) is 0.182. The minimum Gasteiger partial charge on any atom is -0.508 e. The largest absolute Gasteiger partial charge is 0.508 e. The van der Waals surface area contributed by atoms with E-state index < -0.39 is 0 Å². The minimum atomic E-state index is 0.317. The highest BCUT2D eigenvalue weighted by Gasteiger charge is 1.96. The molecule has 0 amide bonds. The summed E-state index contributed by atoms with van der Waals surface area (Å²) in [5.41, 5.74) is 2.43. The number of aromatic amines is 1. The minimum absolute atomic E-state index is 0.317. The molecule has 0 saturated carbocycles. The molecule has 0 aliphatic carbocycles. The molecule has 3 heteroatoms. The Morgan fingerprint density at radius 2 is 1.79 bits per heavy atom. The maximum atomic E-state index is 9.09. The first-order valence-corrected chi connectivity index (χ1v) is 4.60. The van der Waals surface area contributed by atoms with E-state index in [1.54, 1.807) is 12.1 Å². The van der Waals surface area contributed by atoms with Crippen LogP contribution in [-0.2, 0) is 12.8 Å². The standard InChI is InChI=1S/C11H12N2O/c14-11-5-3-9(4-6-11)1-2-10-7-12-13-8-10/h3-8,14H,1-2H2,(H,12,13). The van der Waals surface area contributed by atoms with Crippen molar-refractivity contribution in [3.05, 3.63) is 47.8 Å². The number of hydrogen-bond donors (Lipinski definition) is 2. The lowest BCUT2D eigenvalue weighted by Gasteiger charge is -1.99. The number of hydrogen-bond acceptors (Lipinski definition) is 2. The summed E-state index contributed by atoms with van der Waals surface area (Å²) in [4.78, 5) is 0. The molecule has 0 radical (unpaired) electrons. The zero-order valence-corrected chi connectivity index (χ0v) is 7.77. The van der Waals surface area contributed by atoms with Gasteiger partial charge in [0.1, 0.15) is 5.75 Å². The molecule has 3 nitrogen and oxygen atoms in total. The van der Waals surface area contributed by atoms with Crippen LogP contribution in [0.25, 0.3) is 0 Å². The van der Waals surface area contributed by atoms with Crippen LogP contribution in [0, 0.1) is 0 Å². The van der Waals surface area contributed by atoms with Gasteiger partial charge in [-0.3, -0.25) is 5.10 Å². The maximum absolute atomic E-state index is 9.09. The summed E-state index contributed by atoms with van der Waals surface area (Å²) in [6, 6.07) is 7.31. The van der Waals surface area contributed by atoms with Gasteiger partial charge in [-0.2, -0.15) is 5.10 Å². The average Bonchev–Trinajstić information content (AvgIpc) is 2.70. The first-order valence-electron chi connectivity index (χ1n) is 4.60. The molecule has 0 saturated heterocycles. The van der Waals surface area contributed by atoms with Crippen LogP contribution >= 0.6 is 0 Å². The van der Waals surface area contributed by atoms with Gasteiger partial charge in [-0.1, -0.05) is 12.1 Å². The molecule has 1 heterocycles. The highest BCUT2D eigenvalue weighted by molar-refractivity contribution is 5.26. The van der Waals surface area contributed by atoms with Crippen molar-refractivity contribution in [1.29, 1.82) is 0 Å². The molecule has 0 atom stereocenters. The van der Waals surface area contributed by atoms with E-state index >= 15 is 0 Å². The Hall–Kier alpha value is -1.77. The Morgan fingerprint density at radius 3 is 2.43 bits per heavy atom. The van der Waals surface area contributed by atoms with E-state index in [0.29, 0.717) is 5.75 Å². The fourth-order valence-corrected chi connectivity index (χ4v) is 1.37. The first-order chi connectivity index (χ1) is 6.84. The molecule has 0 unspecified atom stereocenters. The summed E-state index contributed by atoms with van der Waals surface area (Å²) >= 11 is 0. The molecule has 1 aromatic heterocycles. The molecular weight excluding hydrogens is 176 g/mol. The van der Waals surface area contributed by atoms with Gasteiger partial charge in [-0.25, -0.2) is 0 Å². The van der Waals surface area contributed by atoms with Crippen molar-refractivity contribution in [2.45, 2.75) is 12.8 Å². The quantitative estimate of drug-likeness (QED) is 0.772. The molecule has 72 valence electrons. The van der Waals surface area contributed by atoms with Gasteiger partial charge in [0.15, 0.2) is 0 Å². The van der Waals surface area contributed by atoms with Crippen LogP contribution in [-0.4, -0.2) is 15.3 Å². The van der Waals surface area contributed by atoms with Crippen molar-refractivity contribution in [2.24, 2.45) is 0 Å². The van der Waals surface area contributed by atoms with Crippen LogP contribution in [0.5, 0.6) is 5.75 Å². The van der Waals surface area contributed by atoms with Crippen LogP contribution in [0.3, 0.4) is 0 Å². The summed E-state index contributed by atoms with van der Waals surface area (Å²) < 4.78 is 0. The van der Waals surface area contributed by atoms with Crippen LogP contribution in [0.1, 0.15) is 11.1 Å². The number of aryl methyl sites for hydroxylation is 2. The van der Waals surface area contributed by atoms with Crippen molar-refractivity contribution in [3.63, 3.8) is 0 Å². The second kappa shape index (κ2) is 3.96. The van der Waals surface area contributed by atoms with Crippen molar-refractivity contribution in [2.75, 3.05) is 0 Å². The van der Waals surface area contributed by atoms with E-state index in [9.17, 15) is 0 Å². The normalized spacial score (nSPS) is 10.3. The van der Waals surface area contributed by atoms with Crippen molar-refractivity contribution < 1.29 is 5.11 Å². The van der Waals surface area contributed by atoms with Crippen LogP contribution in [0.2, 0.25) is 0 Å². The lowest BCUT2D eigenvalue weighted by molar-refractivity contribution is 0.475. The molecule has 14 heavy (non-hydrogen) atoms. The highest BCUT2D eigenvalue weighted by atomic mass is 16.3. The Kier molecular flexibility index (Phi) is 2.49. The third kappa shape index (κ3) is 2.13. The van der Waals surface area contributed by atoms with E-state index in [1.165, 1.54) is 11.1 Å². The van der Waals surface area contributed by atoms with E-state index in [2.05, 4.69) is 10.2 Å². The van der Waals surface area contributed by atoms with E-state index in [-0.39, 0.29) is 0 Å². The van der Waals surface area contributed by atoms with Gasteiger partial charge in [0, 0.05) is 6.20 Å². The van der Waals surface area contributed by atoms with Gasteiger partial charge < -0.3 is 5.11 Å². The molecule has 2 N–H and O–H groups in total. The summed E-state index contributed by atoms with van der Waals surface area (Å²) in [5, 5.41) is 15.8. The van der Waals surface area contributed by atoms with Crippen molar-refractivity contribution in [1.82, 2.24) is 10.2 Å². The number of H-pyrrole nitrogens is 1. The predicted octanol–water partition coefficient (Wildman–Crippen LogP) is 1.90. The Bertz CT molecular complexity index is 378. The molecule has 2 rings (SSSR count). The summed E-state index contributed by atoms with van der Waals surface area (Å²) in [5.74, 6) is 0.317. The van der Waals surface area contributed by atoms with Gasteiger partial charge in [0.05, 0.1) is 6.20 Å². The molecule has 0 fully saturated rings. The predicted molar refractivity (Wildman–Crippen MR) is 54.1 cm³/mol. The van der Waals surface area contributed by atoms with Crippen molar-refractivity contribution in [3.8, 4) is 5.75 Å². The van der Waals surface area contributed by atoms with Gasteiger partial charge in [-0.05, 0) is 36.1 Å². The maximum Gasteiger partial charge on any atom is 0.115 e. The van der Waals surface area contributed by atoms with Crippen molar-refractivity contribution >= 4 is 0 Å². The zero-order valence-electron chi connectivity index (χ0n) is 7.77. The second-order valence-electron chi connectivity index (χ2n) is 3.27. The summed E-state index contributed by atoms with van der Waals surface area (Å²) in [7, 11) is 0.